The molecule has 8 nitrogen and oxygen atoms in total. The molecule has 1 fully saturated rings. The van der Waals surface area contributed by atoms with Crippen LogP contribution in [0.15, 0.2) is 12.1 Å². The van der Waals surface area contributed by atoms with Gasteiger partial charge in [-0.25, -0.2) is 13.2 Å². The van der Waals surface area contributed by atoms with Gasteiger partial charge >= 0.3 is 0 Å². The van der Waals surface area contributed by atoms with Crippen molar-refractivity contribution in [3.8, 4) is 0 Å². The van der Waals surface area contributed by atoms with E-state index in [0.29, 0.717) is 32.4 Å². The van der Waals surface area contributed by atoms with Crippen molar-refractivity contribution < 1.29 is 32.3 Å². The molecule has 0 saturated carbocycles. The average molecular weight is 402 g/mol. The average Bonchev–Trinajstić information content (AvgIpc) is 2.67. The Morgan fingerprint density at radius 3 is 2.43 bits per heavy atom. The van der Waals surface area contributed by atoms with Crippen molar-refractivity contribution in [3.05, 3.63) is 29.6 Å². The lowest BCUT2D eigenvalue weighted by atomic mass is 10.2. The van der Waals surface area contributed by atoms with E-state index in [1.165, 1.54) is 4.90 Å². The monoisotopic (exact) mass is 402 g/mol. The molecule has 1 aromatic rings. The van der Waals surface area contributed by atoms with Gasteiger partial charge in [-0.2, -0.15) is 0 Å². The second-order valence-electron chi connectivity index (χ2n) is 6.21. The normalized spacial score (nSPS) is 14.1. The third-order valence-corrected chi connectivity index (χ3v) is 3.94. The summed E-state index contributed by atoms with van der Waals surface area (Å²) < 4.78 is 44.6. The number of hydrogen-bond acceptors (Lipinski definition) is 5. The van der Waals surface area contributed by atoms with Crippen molar-refractivity contribution in [2.24, 2.45) is 0 Å². The van der Waals surface area contributed by atoms with Crippen LogP contribution in [0.25, 0.3) is 0 Å². The van der Waals surface area contributed by atoms with Crippen molar-refractivity contribution in [2.75, 3.05) is 58.3 Å². The van der Waals surface area contributed by atoms with Crippen LogP contribution in [0.4, 0.5) is 18.9 Å². The molecule has 1 aromatic carbocycles. The summed E-state index contributed by atoms with van der Waals surface area (Å²) in [5.74, 6) is -6.08. The van der Waals surface area contributed by atoms with Gasteiger partial charge in [0.25, 0.3) is 0 Å². The predicted octanol–water partition coefficient (Wildman–Crippen LogP) is -0.0508. The Balaban J connectivity index is 1.73. The van der Waals surface area contributed by atoms with Crippen LogP contribution in [0.1, 0.15) is 0 Å². The summed E-state index contributed by atoms with van der Waals surface area (Å²) in [4.78, 5) is 38.8. The molecule has 11 heteroatoms. The summed E-state index contributed by atoms with van der Waals surface area (Å²) in [7, 11) is 1.58. The van der Waals surface area contributed by atoms with Gasteiger partial charge < -0.3 is 20.3 Å². The fourth-order valence-corrected chi connectivity index (χ4v) is 2.50. The minimum absolute atomic E-state index is 0.0275. The topological polar surface area (TPSA) is 91.0 Å². The molecule has 1 saturated heterocycles. The van der Waals surface area contributed by atoms with Crippen LogP contribution in [0.2, 0.25) is 0 Å². The molecule has 1 aliphatic rings. The van der Waals surface area contributed by atoms with Crippen molar-refractivity contribution in [1.82, 2.24) is 15.1 Å². The van der Waals surface area contributed by atoms with E-state index in [4.69, 9.17) is 4.74 Å². The van der Waals surface area contributed by atoms with Crippen LogP contribution in [0.5, 0.6) is 0 Å². The van der Waals surface area contributed by atoms with Crippen LogP contribution < -0.4 is 10.6 Å². The fraction of sp³-hybridized carbons (Fsp3) is 0.471. The molecule has 0 unspecified atom stereocenters. The Morgan fingerprint density at radius 1 is 1.07 bits per heavy atom. The van der Waals surface area contributed by atoms with E-state index in [1.54, 1.807) is 11.9 Å². The molecule has 0 bridgehead atoms. The molecule has 0 atom stereocenters. The number of nitrogens with zero attached hydrogens (tertiary/aromatic N) is 2. The van der Waals surface area contributed by atoms with Gasteiger partial charge in [-0.15, -0.1) is 0 Å². The quantitative estimate of drug-likeness (QED) is 0.624. The molecule has 2 rings (SSSR count). The number of rotatable bonds is 7. The van der Waals surface area contributed by atoms with Gasteiger partial charge in [0.05, 0.1) is 38.5 Å². The highest BCUT2D eigenvalue weighted by Crippen LogP contribution is 2.19. The number of morpholine rings is 1. The number of likely N-dealkylation sites (N-methyl/N-ethyl adjacent to an activating group) is 1. The molecule has 0 radical (unpaired) electrons. The lowest BCUT2D eigenvalue weighted by Crippen LogP contribution is -2.47. The summed E-state index contributed by atoms with van der Waals surface area (Å²) in [6, 6.07) is 1.55. The molecule has 28 heavy (non-hydrogen) atoms. The summed E-state index contributed by atoms with van der Waals surface area (Å²) in [6.07, 6.45) is 0. The van der Waals surface area contributed by atoms with Crippen LogP contribution >= 0.6 is 0 Å². The summed E-state index contributed by atoms with van der Waals surface area (Å²) >= 11 is 0. The Bertz CT molecular complexity index is 741. The maximum absolute atomic E-state index is 13.5. The number of carbonyl (C=O) groups excluding carboxylic acids is 3. The van der Waals surface area contributed by atoms with Crippen molar-refractivity contribution >= 4 is 23.4 Å². The van der Waals surface area contributed by atoms with Crippen molar-refractivity contribution in [1.29, 1.82) is 0 Å². The predicted molar refractivity (Wildman–Crippen MR) is 92.9 cm³/mol. The Labute approximate surface area is 159 Å². The number of carbonyl (C=O) groups is 3. The van der Waals surface area contributed by atoms with E-state index in [2.05, 4.69) is 5.32 Å². The van der Waals surface area contributed by atoms with Gasteiger partial charge in [0.2, 0.25) is 17.7 Å². The number of amides is 3. The van der Waals surface area contributed by atoms with Crippen molar-refractivity contribution in [3.63, 3.8) is 0 Å². The van der Waals surface area contributed by atoms with E-state index in [-0.39, 0.29) is 19.0 Å². The molecule has 154 valence electrons. The van der Waals surface area contributed by atoms with Gasteiger partial charge in [0, 0.05) is 13.1 Å². The molecule has 1 aliphatic heterocycles. The van der Waals surface area contributed by atoms with Crippen molar-refractivity contribution in [2.45, 2.75) is 0 Å². The molecule has 3 amide bonds. The van der Waals surface area contributed by atoms with E-state index in [1.807, 2.05) is 5.32 Å². The molecular formula is C17H21F3N4O4. The maximum atomic E-state index is 13.5. The lowest BCUT2D eigenvalue weighted by molar-refractivity contribution is -0.136. The Kier molecular flexibility index (Phi) is 7.76. The van der Waals surface area contributed by atoms with Crippen LogP contribution in [-0.4, -0.2) is 80.5 Å². The van der Waals surface area contributed by atoms with E-state index in [9.17, 15) is 27.6 Å². The standard InChI is InChI=1S/C17H21F3N4O4/c1-23(10-15(27)24-4-6-28-7-5-24)9-14(26)21-8-13(25)22-12-3-2-11(18)16(19)17(12)20/h2-3H,4-10H2,1H3,(H,21,26)(H,22,25). The van der Waals surface area contributed by atoms with E-state index in [0.717, 1.165) is 6.07 Å². The van der Waals surface area contributed by atoms with Crippen LogP contribution in [0.3, 0.4) is 0 Å². The minimum Gasteiger partial charge on any atom is -0.378 e. The first kappa shape index (κ1) is 21.6. The molecule has 0 spiro atoms. The third kappa shape index (κ3) is 6.20. The number of ether oxygens (including phenoxy) is 1. The zero-order chi connectivity index (χ0) is 20.7. The van der Waals surface area contributed by atoms with Gasteiger partial charge in [0.15, 0.2) is 17.5 Å². The van der Waals surface area contributed by atoms with E-state index < -0.39 is 41.5 Å². The number of nitrogens with one attached hydrogen (secondary N) is 2. The number of halogens is 3. The summed E-state index contributed by atoms with van der Waals surface area (Å²) in [5.41, 5.74) is -0.536. The summed E-state index contributed by atoms with van der Waals surface area (Å²) in [6.45, 7) is 1.34. The van der Waals surface area contributed by atoms with Gasteiger partial charge in [0.1, 0.15) is 0 Å². The van der Waals surface area contributed by atoms with Crippen LogP contribution in [0, 0.1) is 17.5 Å². The zero-order valence-corrected chi connectivity index (χ0v) is 15.3. The molecule has 2 N–H and O–H groups in total. The fourth-order valence-electron chi connectivity index (χ4n) is 2.50. The number of anilines is 1. The summed E-state index contributed by atoms with van der Waals surface area (Å²) in [5, 5.41) is 4.34. The molecular weight excluding hydrogens is 381 g/mol. The van der Waals surface area contributed by atoms with Gasteiger partial charge in [-0.05, 0) is 19.2 Å². The third-order valence-electron chi connectivity index (χ3n) is 3.94. The van der Waals surface area contributed by atoms with Gasteiger partial charge in [-0.1, -0.05) is 0 Å². The van der Waals surface area contributed by atoms with E-state index >= 15 is 0 Å². The second-order valence-corrected chi connectivity index (χ2v) is 6.21. The first-order valence-corrected chi connectivity index (χ1v) is 8.52. The number of hydrogen-bond donors (Lipinski definition) is 2. The highest BCUT2D eigenvalue weighted by atomic mass is 19.2. The molecule has 0 aliphatic carbocycles. The first-order chi connectivity index (χ1) is 13.3. The van der Waals surface area contributed by atoms with Crippen LogP contribution in [-0.2, 0) is 19.1 Å². The highest BCUT2D eigenvalue weighted by Gasteiger charge is 2.20. The Morgan fingerprint density at radius 2 is 1.75 bits per heavy atom. The largest absolute Gasteiger partial charge is 0.378 e. The molecule has 1 heterocycles. The zero-order valence-electron chi connectivity index (χ0n) is 15.3. The van der Waals surface area contributed by atoms with Gasteiger partial charge in [-0.3, -0.25) is 19.3 Å². The smallest absolute Gasteiger partial charge is 0.243 e. The minimum atomic E-state index is -1.70. The second kappa shape index (κ2) is 10.0. The highest BCUT2D eigenvalue weighted by molar-refractivity contribution is 5.94. The number of benzene rings is 1. The lowest BCUT2D eigenvalue weighted by Gasteiger charge is -2.28. The maximum Gasteiger partial charge on any atom is 0.243 e. The SMILES string of the molecule is CN(CC(=O)NCC(=O)Nc1ccc(F)c(F)c1F)CC(=O)N1CCOCC1. The first-order valence-electron chi connectivity index (χ1n) is 8.52. The Hall–Kier alpha value is -2.66. The molecule has 0 aromatic heterocycles.